The predicted molar refractivity (Wildman–Crippen MR) is 66.8 cm³/mol. The molecule has 88 valence electrons. The van der Waals surface area contributed by atoms with Gasteiger partial charge in [-0.2, -0.15) is 0 Å². The van der Waals surface area contributed by atoms with Gasteiger partial charge in [0.2, 0.25) is 0 Å². The van der Waals surface area contributed by atoms with Crippen molar-refractivity contribution in [3.05, 3.63) is 42.0 Å². The van der Waals surface area contributed by atoms with Crippen LogP contribution in [0.2, 0.25) is 0 Å². The summed E-state index contributed by atoms with van der Waals surface area (Å²) in [5.41, 5.74) is 8.46. The monoisotopic (exact) mass is 230 g/mol. The Morgan fingerprint density at radius 2 is 2.24 bits per heavy atom. The van der Waals surface area contributed by atoms with Crippen LogP contribution in [0.15, 0.2) is 30.7 Å². The number of rotatable bonds is 2. The van der Waals surface area contributed by atoms with Crippen molar-refractivity contribution in [3.63, 3.8) is 0 Å². The highest BCUT2D eigenvalue weighted by molar-refractivity contribution is 6.02. The molecule has 0 fully saturated rings. The third-order valence-electron chi connectivity index (χ3n) is 2.47. The highest BCUT2D eigenvalue weighted by Crippen LogP contribution is 2.17. The van der Waals surface area contributed by atoms with Gasteiger partial charge in [0, 0.05) is 24.6 Å². The molecule has 2 rings (SSSR count). The zero-order chi connectivity index (χ0) is 12.4. The summed E-state index contributed by atoms with van der Waals surface area (Å²) in [6.07, 6.45) is 3.24. The van der Waals surface area contributed by atoms with E-state index >= 15 is 0 Å². The topological polar surface area (TPSA) is 72.9 Å². The van der Waals surface area contributed by atoms with E-state index in [2.05, 4.69) is 10.3 Å². The van der Waals surface area contributed by atoms with Gasteiger partial charge in [0.15, 0.2) is 0 Å². The van der Waals surface area contributed by atoms with Crippen molar-refractivity contribution in [1.29, 1.82) is 0 Å². The number of nitrogen functional groups attached to an aromatic ring is 1. The second kappa shape index (κ2) is 4.29. The lowest BCUT2D eigenvalue weighted by atomic mass is 10.2. The molecule has 0 aliphatic carbocycles. The third kappa shape index (κ3) is 2.44. The lowest BCUT2D eigenvalue weighted by molar-refractivity contribution is 0.102. The van der Waals surface area contributed by atoms with Crippen LogP contribution in [-0.2, 0) is 7.05 Å². The molecule has 0 unspecified atom stereocenters. The molecule has 17 heavy (non-hydrogen) atoms. The van der Waals surface area contributed by atoms with Crippen LogP contribution in [0.3, 0.4) is 0 Å². The van der Waals surface area contributed by atoms with Gasteiger partial charge in [-0.25, -0.2) is 4.98 Å². The van der Waals surface area contributed by atoms with Gasteiger partial charge in [-0.15, -0.1) is 0 Å². The second-order valence-corrected chi connectivity index (χ2v) is 3.95. The van der Waals surface area contributed by atoms with Gasteiger partial charge < -0.3 is 15.6 Å². The number of aryl methyl sites for hydroxylation is 2. The van der Waals surface area contributed by atoms with E-state index in [0.29, 0.717) is 17.1 Å². The van der Waals surface area contributed by atoms with Crippen molar-refractivity contribution in [2.45, 2.75) is 6.92 Å². The smallest absolute Gasteiger partial charge is 0.275 e. The summed E-state index contributed by atoms with van der Waals surface area (Å²) in [5, 5.41) is 2.74. The van der Waals surface area contributed by atoms with E-state index in [-0.39, 0.29) is 5.91 Å². The van der Waals surface area contributed by atoms with Crippen molar-refractivity contribution >= 4 is 17.3 Å². The Morgan fingerprint density at radius 1 is 1.47 bits per heavy atom. The van der Waals surface area contributed by atoms with Gasteiger partial charge in [-0.05, 0) is 24.6 Å². The molecule has 0 aliphatic rings. The van der Waals surface area contributed by atoms with E-state index in [9.17, 15) is 4.79 Å². The van der Waals surface area contributed by atoms with Gasteiger partial charge in [-0.1, -0.05) is 6.07 Å². The molecule has 0 saturated heterocycles. The maximum absolute atomic E-state index is 11.8. The largest absolute Gasteiger partial charge is 0.398 e. The molecule has 1 aromatic heterocycles. The minimum atomic E-state index is -0.242. The number of nitrogens with zero attached hydrogens (tertiary/aromatic N) is 2. The first-order valence-electron chi connectivity index (χ1n) is 5.21. The van der Waals surface area contributed by atoms with E-state index in [4.69, 9.17) is 5.73 Å². The van der Waals surface area contributed by atoms with E-state index in [1.54, 1.807) is 23.2 Å². The Hall–Kier alpha value is -2.30. The molecule has 1 heterocycles. The molecular weight excluding hydrogens is 216 g/mol. The molecule has 0 saturated carbocycles. The van der Waals surface area contributed by atoms with Gasteiger partial charge in [0.05, 0.1) is 6.33 Å². The molecule has 2 aromatic rings. The molecule has 0 bridgehead atoms. The number of imidazole rings is 1. The minimum absolute atomic E-state index is 0.242. The van der Waals surface area contributed by atoms with Crippen molar-refractivity contribution in [2.75, 3.05) is 11.1 Å². The van der Waals surface area contributed by atoms with Crippen LogP contribution in [0.1, 0.15) is 16.1 Å². The van der Waals surface area contributed by atoms with Crippen LogP contribution in [-0.4, -0.2) is 15.5 Å². The average Bonchev–Trinajstić information content (AvgIpc) is 2.70. The Balaban J connectivity index is 2.15. The summed E-state index contributed by atoms with van der Waals surface area (Å²) in [5.74, 6) is -0.242. The molecule has 1 aromatic carbocycles. The SMILES string of the molecule is Cc1ccc(NC(=O)c2cn(C)cn2)cc1N. The summed E-state index contributed by atoms with van der Waals surface area (Å²) in [7, 11) is 1.81. The fourth-order valence-electron chi connectivity index (χ4n) is 1.44. The molecule has 0 radical (unpaired) electrons. The van der Waals surface area contributed by atoms with Gasteiger partial charge >= 0.3 is 0 Å². The second-order valence-electron chi connectivity index (χ2n) is 3.95. The zero-order valence-corrected chi connectivity index (χ0v) is 9.77. The number of benzene rings is 1. The van der Waals surface area contributed by atoms with E-state index in [1.165, 1.54) is 0 Å². The molecule has 1 amide bonds. The van der Waals surface area contributed by atoms with Gasteiger partial charge in [0.1, 0.15) is 5.69 Å². The summed E-state index contributed by atoms with van der Waals surface area (Å²) >= 11 is 0. The number of carbonyl (C=O) groups is 1. The summed E-state index contributed by atoms with van der Waals surface area (Å²) in [6.45, 7) is 1.92. The van der Waals surface area contributed by atoms with Gasteiger partial charge in [-0.3, -0.25) is 4.79 Å². The van der Waals surface area contributed by atoms with Crippen molar-refractivity contribution < 1.29 is 4.79 Å². The maximum Gasteiger partial charge on any atom is 0.275 e. The number of hydrogen-bond donors (Lipinski definition) is 2. The number of anilines is 2. The lowest BCUT2D eigenvalue weighted by Crippen LogP contribution is -2.12. The Morgan fingerprint density at radius 3 is 2.82 bits per heavy atom. The van der Waals surface area contributed by atoms with Crippen molar-refractivity contribution in [1.82, 2.24) is 9.55 Å². The standard InChI is InChI=1S/C12H14N4O/c1-8-3-4-9(5-10(8)13)15-12(17)11-6-16(2)7-14-11/h3-7H,13H2,1-2H3,(H,15,17). The highest BCUT2D eigenvalue weighted by atomic mass is 16.1. The normalized spacial score (nSPS) is 10.2. The van der Waals surface area contributed by atoms with Crippen LogP contribution < -0.4 is 11.1 Å². The van der Waals surface area contributed by atoms with Crippen LogP contribution in [0, 0.1) is 6.92 Å². The number of amides is 1. The maximum atomic E-state index is 11.8. The highest BCUT2D eigenvalue weighted by Gasteiger charge is 2.09. The van der Waals surface area contributed by atoms with Crippen molar-refractivity contribution in [2.24, 2.45) is 7.05 Å². The van der Waals surface area contributed by atoms with E-state index < -0.39 is 0 Å². The Bertz CT molecular complexity index is 559. The fourth-order valence-corrected chi connectivity index (χ4v) is 1.44. The Kier molecular flexibility index (Phi) is 2.82. The summed E-state index contributed by atoms with van der Waals surface area (Å²) in [6, 6.07) is 5.41. The van der Waals surface area contributed by atoms with E-state index in [1.807, 2.05) is 26.1 Å². The van der Waals surface area contributed by atoms with Crippen molar-refractivity contribution in [3.8, 4) is 0 Å². The third-order valence-corrected chi connectivity index (χ3v) is 2.47. The number of hydrogen-bond acceptors (Lipinski definition) is 3. The molecule has 5 heteroatoms. The van der Waals surface area contributed by atoms with Gasteiger partial charge in [0.25, 0.3) is 5.91 Å². The number of nitrogens with one attached hydrogen (secondary N) is 1. The fraction of sp³-hybridized carbons (Fsp3) is 0.167. The average molecular weight is 230 g/mol. The predicted octanol–water partition coefficient (Wildman–Crippen LogP) is 1.56. The summed E-state index contributed by atoms with van der Waals surface area (Å²) in [4.78, 5) is 15.8. The first kappa shape index (κ1) is 11.2. The molecule has 0 spiro atoms. The molecular formula is C12H14N4O. The Labute approximate surface area is 99.3 Å². The molecule has 0 aliphatic heterocycles. The number of nitrogens with two attached hydrogens (primary N) is 1. The molecule has 5 nitrogen and oxygen atoms in total. The molecule has 0 atom stereocenters. The first-order chi connectivity index (χ1) is 8.06. The quantitative estimate of drug-likeness (QED) is 0.769. The van der Waals surface area contributed by atoms with E-state index in [0.717, 1.165) is 5.56 Å². The minimum Gasteiger partial charge on any atom is -0.398 e. The molecule has 3 N–H and O–H groups in total. The number of carbonyl (C=O) groups excluding carboxylic acids is 1. The summed E-state index contributed by atoms with van der Waals surface area (Å²) < 4.78 is 1.72. The zero-order valence-electron chi connectivity index (χ0n) is 9.77. The first-order valence-corrected chi connectivity index (χ1v) is 5.21. The van der Waals surface area contributed by atoms with Crippen LogP contribution in [0.5, 0.6) is 0 Å². The lowest BCUT2D eigenvalue weighted by Gasteiger charge is -2.05. The number of aromatic nitrogens is 2. The van der Waals surface area contributed by atoms with Crippen LogP contribution in [0.25, 0.3) is 0 Å². The van der Waals surface area contributed by atoms with Crippen LogP contribution in [0.4, 0.5) is 11.4 Å². The van der Waals surface area contributed by atoms with Crippen LogP contribution >= 0.6 is 0 Å².